The standard InChI is InChI=1S/C17H11F7N4O2S/c1-2-31-16-27-26-15(17(22,23)24)28(16)25-6-8-3-4-9(30-8)7-29-14-12(20)10(18)5-11(19)13(14)21/h3-6H,2,7H2,1H3/b25-6+. The van der Waals surface area contributed by atoms with E-state index in [1.54, 1.807) is 6.92 Å². The van der Waals surface area contributed by atoms with E-state index in [0.29, 0.717) is 10.4 Å². The van der Waals surface area contributed by atoms with E-state index >= 15 is 0 Å². The summed E-state index contributed by atoms with van der Waals surface area (Å²) in [4.78, 5) is 0. The molecule has 2 aromatic heterocycles. The quantitative estimate of drug-likeness (QED) is 0.211. The molecule has 3 aromatic rings. The molecule has 0 spiro atoms. The first-order chi connectivity index (χ1) is 14.6. The molecular weight excluding hydrogens is 457 g/mol. The first-order valence-corrected chi connectivity index (χ1v) is 9.34. The zero-order chi connectivity index (χ0) is 22.8. The molecule has 1 aromatic carbocycles. The minimum absolute atomic E-state index is 0.0320. The molecule has 14 heteroatoms. The van der Waals surface area contributed by atoms with Gasteiger partial charge in [0, 0.05) is 6.07 Å². The Morgan fingerprint density at radius 1 is 1.13 bits per heavy atom. The van der Waals surface area contributed by atoms with Gasteiger partial charge < -0.3 is 9.15 Å². The van der Waals surface area contributed by atoms with E-state index < -0.39 is 47.6 Å². The molecule has 166 valence electrons. The van der Waals surface area contributed by atoms with Gasteiger partial charge in [-0.1, -0.05) is 18.7 Å². The molecule has 0 aliphatic heterocycles. The van der Waals surface area contributed by atoms with Crippen molar-refractivity contribution in [3.8, 4) is 5.75 Å². The molecule has 0 fully saturated rings. The Labute approximate surface area is 173 Å². The number of hydrogen-bond acceptors (Lipinski definition) is 6. The summed E-state index contributed by atoms with van der Waals surface area (Å²) in [5, 5.41) is 10.1. The largest absolute Gasteiger partial charge is 0.479 e. The Hall–Kier alpha value is -3.03. The van der Waals surface area contributed by atoms with E-state index in [9.17, 15) is 30.7 Å². The van der Waals surface area contributed by atoms with E-state index in [2.05, 4.69) is 15.3 Å². The summed E-state index contributed by atoms with van der Waals surface area (Å²) >= 11 is 0.983. The fourth-order valence-electron chi connectivity index (χ4n) is 2.24. The van der Waals surface area contributed by atoms with Crippen molar-refractivity contribution in [2.24, 2.45) is 5.10 Å². The van der Waals surface area contributed by atoms with Crippen LogP contribution in [0, 0.1) is 23.3 Å². The number of halogens is 7. The number of alkyl halides is 3. The molecule has 0 saturated heterocycles. The van der Waals surface area contributed by atoms with Crippen molar-refractivity contribution in [1.29, 1.82) is 0 Å². The number of thioether (sulfide) groups is 1. The van der Waals surface area contributed by atoms with E-state index in [-0.39, 0.29) is 22.7 Å². The maximum absolute atomic E-state index is 13.6. The van der Waals surface area contributed by atoms with E-state index in [1.165, 1.54) is 12.1 Å². The van der Waals surface area contributed by atoms with Crippen LogP contribution < -0.4 is 4.74 Å². The molecule has 0 N–H and O–H groups in total. The van der Waals surface area contributed by atoms with Gasteiger partial charge in [0.2, 0.25) is 16.8 Å². The molecule has 0 amide bonds. The monoisotopic (exact) mass is 468 g/mol. The second kappa shape index (κ2) is 8.99. The molecule has 0 bridgehead atoms. The molecule has 6 nitrogen and oxygen atoms in total. The number of ether oxygens (including phenoxy) is 1. The van der Waals surface area contributed by atoms with Crippen LogP contribution in [0.5, 0.6) is 5.75 Å². The van der Waals surface area contributed by atoms with Crippen LogP contribution in [0.25, 0.3) is 0 Å². The van der Waals surface area contributed by atoms with Gasteiger partial charge in [-0.05, 0) is 17.9 Å². The van der Waals surface area contributed by atoms with Crippen molar-refractivity contribution in [2.45, 2.75) is 24.9 Å². The summed E-state index contributed by atoms with van der Waals surface area (Å²) < 4.78 is 103. The Kier molecular flexibility index (Phi) is 6.57. The summed E-state index contributed by atoms with van der Waals surface area (Å²) in [5.74, 6) is -9.01. The van der Waals surface area contributed by atoms with Gasteiger partial charge in [0.1, 0.15) is 18.1 Å². The highest BCUT2D eigenvalue weighted by Crippen LogP contribution is 2.30. The lowest BCUT2D eigenvalue weighted by molar-refractivity contribution is -0.147. The second-order valence-corrected chi connectivity index (χ2v) is 6.91. The number of furan rings is 1. The molecule has 2 heterocycles. The SMILES string of the molecule is CCSc1nnc(C(F)(F)F)n1/N=C/c1ccc(COc2c(F)c(F)cc(F)c2F)o1. The Morgan fingerprint density at radius 3 is 2.42 bits per heavy atom. The number of hydrogen-bond donors (Lipinski definition) is 0. The fraction of sp³-hybridized carbons (Fsp3) is 0.235. The Morgan fingerprint density at radius 2 is 1.81 bits per heavy atom. The highest BCUT2D eigenvalue weighted by Gasteiger charge is 2.39. The van der Waals surface area contributed by atoms with Crippen molar-refractivity contribution < 1.29 is 39.9 Å². The van der Waals surface area contributed by atoms with Crippen molar-refractivity contribution >= 4 is 18.0 Å². The fourth-order valence-corrected chi connectivity index (χ4v) is 2.86. The molecule has 0 aliphatic carbocycles. The van der Waals surface area contributed by atoms with E-state index in [0.717, 1.165) is 18.0 Å². The first-order valence-electron chi connectivity index (χ1n) is 8.36. The summed E-state index contributed by atoms with van der Waals surface area (Å²) in [5.41, 5.74) is 0. The van der Waals surface area contributed by atoms with Crippen LogP contribution in [0.15, 0.2) is 32.9 Å². The van der Waals surface area contributed by atoms with Crippen LogP contribution in [0.4, 0.5) is 30.7 Å². The van der Waals surface area contributed by atoms with Crippen molar-refractivity contribution in [1.82, 2.24) is 14.9 Å². The van der Waals surface area contributed by atoms with Crippen LogP contribution in [0.2, 0.25) is 0 Å². The summed E-state index contributed by atoms with van der Waals surface area (Å²) in [7, 11) is 0. The molecule has 0 radical (unpaired) electrons. The highest BCUT2D eigenvalue weighted by molar-refractivity contribution is 7.99. The number of nitrogens with zero attached hydrogens (tertiary/aromatic N) is 4. The van der Waals surface area contributed by atoms with Gasteiger partial charge in [0.15, 0.2) is 17.4 Å². The average molecular weight is 468 g/mol. The predicted octanol–water partition coefficient (Wildman–Crippen LogP) is 5.02. The van der Waals surface area contributed by atoms with Gasteiger partial charge in [0.05, 0.1) is 6.21 Å². The molecule has 0 atom stereocenters. The zero-order valence-corrected chi connectivity index (χ0v) is 16.2. The van der Waals surface area contributed by atoms with Gasteiger partial charge in [-0.15, -0.1) is 10.2 Å². The van der Waals surface area contributed by atoms with Gasteiger partial charge in [-0.3, -0.25) is 0 Å². The maximum atomic E-state index is 13.6. The van der Waals surface area contributed by atoms with Gasteiger partial charge >= 0.3 is 6.18 Å². The summed E-state index contributed by atoms with van der Waals surface area (Å²) in [6, 6.07) is 2.58. The van der Waals surface area contributed by atoms with Gasteiger partial charge in [0.25, 0.3) is 5.82 Å². The topological polar surface area (TPSA) is 65.4 Å². The van der Waals surface area contributed by atoms with Crippen LogP contribution in [0.1, 0.15) is 24.3 Å². The smallest absolute Gasteiger partial charge is 0.453 e. The highest BCUT2D eigenvalue weighted by atomic mass is 32.2. The van der Waals surface area contributed by atoms with Crippen LogP contribution in [-0.4, -0.2) is 26.8 Å². The molecule has 0 unspecified atom stereocenters. The van der Waals surface area contributed by atoms with Gasteiger partial charge in [-0.2, -0.15) is 31.7 Å². The maximum Gasteiger partial charge on any atom is 0.453 e. The zero-order valence-electron chi connectivity index (χ0n) is 15.4. The molecular formula is C17H11F7N4O2S. The third-order valence-corrected chi connectivity index (χ3v) is 4.35. The third kappa shape index (κ3) is 5.00. The lowest BCUT2D eigenvalue weighted by Gasteiger charge is -2.08. The minimum atomic E-state index is -4.80. The lowest BCUT2D eigenvalue weighted by atomic mass is 10.3. The summed E-state index contributed by atoms with van der Waals surface area (Å²) in [6.45, 7) is 1.08. The third-order valence-electron chi connectivity index (χ3n) is 3.55. The van der Waals surface area contributed by atoms with Gasteiger partial charge in [-0.25, -0.2) is 8.78 Å². The second-order valence-electron chi connectivity index (χ2n) is 5.68. The Balaban J connectivity index is 1.77. The molecule has 3 rings (SSSR count). The number of benzene rings is 1. The van der Waals surface area contributed by atoms with E-state index in [4.69, 9.17) is 9.15 Å². The Bertz CT molecular complexity index is 1080. The van der Waals surface area contributed by atoms with Crippen molar-refractivity contribution in [2.75, 3.05) is 5.75 Å². The predicted molar refractivity (Wildman–Crippen MR) is 93.7 cm³/mol. The lowest BCUT2D eigenvalue weighted by Crippen LogP contribution is -2.13. The van der Waals surface area contributed by atoms with Crippen LogP contribution in [0.3, 0.4) is 0 Å². The van der Waals surface area contributed by atoms with Crippen LogP contribution >= 0.6 is 11.8 Å². The van der Waals surface area contributed by atoms with Crippen molar-refractivity contribution in [3.63, 3.8) is 0 Å². The number of aromatic nitrogens is 3. The normalized spacial score (nSPS) is 12.1. The summed E-state index contributed by atoms with van der Waals surface area (Å²) in [6.07, 6.45) is -3.86. The van der Waals surface area contributed by atoms with Crippen LogP contribution in [-0.2, 0) is 12.8 Å². The number of rotatable bonds is 7. The van der Waals surface area contributed by atoms with Crippen molar-refractivity contribution in [3.05, 3.63) is 58.8 Å². The molecule has 0 saturated carbocycles. The minimum Gasteiger partial charge on any atom is -0.479 e. The average Bonchev–Trinajstić information content (AvgIpc) is 3.31. The van der Waals surface area contributed by atoms with E-state index in [1.807, 2.05) is 0 Å². The first kappa shape index (κ1) is 22.7. The molecule has 0 aliphatic rings. The molecule has 31 heavy (non-hydrogen) atoms.